The van der Waals surface area contributed by atoms with Gasteiger partial charge in [0.1, 0.15) is 0 Å². The number of aromatic nitrogens is 4. The Kier molecular flexibility index (Phi) is 2.91. The van der Waals surface area contributed by atoms with E-state index >= 15 is 0 Å². The smallest absolute Gasteiger partial charge is 0.214 e. The maximum Gasteiger partial charge on any atom is 0.214 e. The number of hydrogen-bond acceptors (Lipinski definition) is 6. The molecule has 0 aliphatic heterocycles. The third kappa shape index (κ3) is 2.05. The standard InChI is InChI=1S/C11H11N5OS/c17-5-4-13-10-15-16-7-9(14-11(16)18-10)8-2-1-3-12-6-8/h1-3,6-7,17H,4-5H2,(H,13,15). The first kappa shape index (κ1) is 11.1. The van der Waals surface area contributed by atoms with Gasteiger partial charge < -0.3 is 10.4 Å². The summed E-state index contributed by atoms with van der Waals surface area (Å²) < 4.78 is 1.73. The van der Waals surface area contributed by atoms with Crippen LogP contribution in [0.4, 0.5) is 5.13 Å². The number of hydrogen-bond donors (Lipinski definition) is 2. The fraction of sp³-hybridized carbons (Fsp3) is 0.182. The average molecular weight is 261 g/mol. The predicted octanol–water partition coefficient (Wildman–Crippen LogP) is 1.26. The molecule has 0 radical (unpaired) electrons. The van der Waals surface area contributed by atoms with Gasteiger partial charge >= 0.3 is 0 Å². The number of anilines is 1. The van der Waals surface area contributed by atoms with Crippen molar-refractivity contribution >= 4 is 21.4 Å². The van der Waals surface area contributed by atoms with E-state index in [0.29, 0.717) is 6.54 Å². The summed E-state index contributed by atoms with van der Waals surface area (Å²) in [6.45, 7) is 0.578. The summed E-state index contributed by atoms with van der Waals surface area (Å²) in [4.78, 5) is 9.37. The second-order valence-electron chi connectivity index (χ2n) is 3.65. The third-order valence-corrected chi connectivity index (χ3v) is 3.27. The van der Waals surface area contributed by atoms with E-state index in [-0.39, 0.29) is 6.61 Å². The van der Waals surface area contributed by atoms with E-state index in [1.165, 1.54) is 11.3 Å². The molecule has 3 aromatic heterocycles. The van der Waals surface area contributed by atoms with E-state index in [0.717, 1.165) is 21.3 Å². The first-order valence-electron chi connectivity index (χ1n) is 5.48. The van der Waals surface area contributed by atoms with E-state index in [1.807, 2.05) is 18.3 Å². The van der Waals surface area contributed by atoms with Crippen LogP contribution in [0.1, 0.15) is 0 Å². The Morgan fingerprint density at radius 3 is 3.11 bits per heavy atom. The molecule has 0 fully saturated rings. The lowest BCUT2D eigenvalue weighted by atomic mass is 10.2. The summed E-state index contributed by atoms with van der Waals surface area (Å²) in [7, 11) is 0. The molecule has 6 nitrogen and oxygen atoms in total. The lowest BCUT2D eigenvalue weighted by Gasteiger charge is -1.96. The molecule has 0 aliphatic carbocycles. The number of imidazole rings is 1. The van der Waals surface area contributed by atoms with Gasteiger partial charge in [-0.3, -0.25) is 4.98 Å². The minimum atomic E-state index is 0.0861. The van der Waals surface area contributed by atoms with E-state index in [2.05, 4.69) is 20.4 Å². The van der Waals surface area contributed by atoms with Crippen molar-refractivity contribution in [2.75, 3.05) is 18.5 Å². The number of aliphatic hydroxyl groups is 1. The van der Waals surface area contributed by atoms with Crippen LogP contribution in [0.2, 0.25) is 0 Å². The van der Waals surface area contributed by atoms with Crippen LogP contribution < -0.4 is 5.32 Å². The maximum atomic E-state index is 8.73. The summed E-state index contributed by atoms with van der Waals surface area (Å²) in [5.74, 6) is 0. The van der Waals surface area contributed by atoms with Crippen LogP contribution >= 0.6 is 11.3 Å². The lowest BCUT2D eigenvalue weighted by molar-refractivity contribution is 0.311. The zero-order valence-electron chi connectivity index (χ0n) is 9.45. The first-order chi connectivity index (χ1) is 8.86. The largest absolute Gasteiger partial charge is 0.395 e. The molecule has 18 heavy (non-hydrogen) atoms. The van der Waals surface area contributed by atoms with Gasteiger partial charge in [0.25, 0.3) is 0 Å². The van der Waals surface area contributed by atoms with Gasteiger partial charge in [-0.1, -0.05) is 11.3 Å². The second kappa shape index (κ2) is 4.71. The first-order valence-corrected chi connectivity index (χ1v) is 6.30. The molecule has 0 aliphatic rings. The molecule has 92 valence electrons. The number of pyridine rings is 1. The van der Waals surface area contributed by atoms with Crippen LogP contribution in [0.15, 0.2) is 30.7 Å². The van der Waals surface area contributed by atoms with Gasteiger partial charge in [-0.05, 0) is 12.1 Å². The lowest BCUT2D eigenvalue weighted by Crippen LogP contribution is -2.05. The zero-order chi connectivity index (χ0) is 12.4. The number of rotatable bonds is 4. The fourth-order valence-corrected chi connectivity index (χ4v) is 2.39. The van der Waals surface area contributed by atoms with Crippen LogP contribution in [0.3, 0.4) is 0 Å². The van der Waals surface area contributed by atoms with E-state index in [9.17, 15) is 0 Å². The van der Waals surface area contributed by atoms with Crippen molar-refractivity contribution < 1.29 is 5.11 Å². The minimum absolute atomic E-state index is 0.0861. The highest BCUT2D eigenvalue weighted by Gasteiger charge is 2.09. The number of fused-ring (bicyclic) bond motifs is 1. The maximum absolute atomic E-state index is 8.73. The van der Waals surface area contributed by atoms with Crippen LogP contribution in [0.5, 0.6) is 0 Å². The predicted molar refractivity (Wildman–Crippen MR) is 69.7 cm³/mol. The molecule has 0 saturated carbocycles. The highest BCUT2D eigenvalue weighted by atomic mass is 32.1. The van der Waals surface area contributed by atoms with E-state index in [1.54, 1.807) is 16.9 Å². The average Bonchev–Trinajstić information content (AvgIpc) is 2.95. The molecule has 0 saturated heterocycles. The summed E-state index contributed by atoms with van der Waals surface area (Å²) in [5, 5.41) is 16.8. The van der Waals surface area contributed by atoms with Crippen molar-refractivity contribution in [2.24, 2.45) is 0 Å². The Labute approximate surface area is 107 Å². The number of aliphatic hydroxyl groups excluding tert-OH is 1. The molecule has 0 amide bonds. The Morgan fingerprint density at radius 1 is 1.44 bits per heavy atom. The topological polar surface area (TPSA) is 75.3 Å². The van der Waals surface area contributed by atoms with Gasteiger partial charge in [-0.2, -0.15) is 0 Å². The summed E-state index contributed by atoms with van der Waals surface area (Å²) in [5.41, 5.74) is 1.83. The van der Waals surface area contributed by atoms with Crippen molar-refractivity contribution in [1.82, 2.24) is 19.6 Å². The van der Waals surface area contributed by atoms with Gasteiger partial charge in [0.2, 0.25) is 10.1 Å². The van der Waals surface area contributed by atoms with Gasteiger partial charge in [0.15, 0.2) is 0 Å². The molecule has 3 heterocycles. The summed E-state index contributed by atoms with van der Waals surface area (Å²) in [6.07, 6.45) is 5.38. The second-order valence-corrected chi connectivity index (χ2v) is 4.61. The molecule has 0 bridgehead atoms. The Balaban J connectivity index is 1.91. The Morgan fingerprint density at radius 2 is 2.39 bits per heavy atom. The van der Waals surface area contributed by atoms with Crippen LogP contribution in [-0.2, 0) is 0 Å². The van der Waals surface area contributed by atoms with Gasteiger partial charge in [-0.15, -0.1) is 5.10 Å². The quantitative estimate of drug-likeness (QED) is 0.739. The Bertz CT molecular complexity index is 616. The molecule has 0 atom stereocenters. The number of nitrogens with one attached hydrogen (secondary N) is 1. The molecule has 0 unspecified atom stereocenters. The normalized spacial score (nSPS) is 10.9. The van der Waals surface area contributed by atoms with Crippen LogP contribution in [-0.4, -0.2) is 37.8 Å². The highest BCUT2D eigenvalue weighted by Crippen LogP contribution is 2.23. The fourth-order valence-electron chi connectivity index (χ4n) is 1.59. The summed E-state index contributed by atoms with van der Waals surface area (Å²) in [6, 6.07) is 3.84. The van der Waals surface area contributed by atoms with E-state index in [4.69, 9.17) is 5.11 Å². The molecule has 7 heteroatoms. The van der Waals surface area contributed by atoms with E-state index < -0.39 is 0 Å². The number of nitrogens with zero attached hydrogens (tertiary/aromatic N) is 4. The molecule has 3 rings (SSSR count). The van der Waals surface area contributed by atoms with Crippen molar-refractivity contribution in [2.45, 2.75) is 0 Å². The SMILES string of the molecule is OCCNc1nn2cc(-c3cccnc3)nc2s1. The van der Waals surface area contributed by atoms with Crippen molar-refractivity contribution in [3.05, 3.63) is 30.7 Å². The van der Waals surface area contributed by atoms with Crippen molar-refractivity contribution in [3.8, 4) is 11.3 Å². The molecular weight excluding hydrogens is 250 g/mol. The molecule has 2 N–H and O–H groups in total. The Hall–Kier alpha value is -1.99. The van der Waals surface area contributed by atoms with Crippen molar-refractivity contribution in [1.29, 1.82) is 0 Å². The highest BCUT2D eigenvalue weighted by molar-refractivity contribution is 7.20. The van der Waals surface area contributed by atoms with Crippen LogP contribution in [0.25, 0.3) is 16.2 Å². The summed E-state index contributed by atoms with van der Waals surface area (Å²) >= 11 is 1.45. The van der Waals surface area contributed by atoms with Crippen LogP contribution in [0, 0.1) is 0 Å². The molecular formula is C11H11N5OS. The zero-order valence-corrected chi connectivity index (χ0v) is 10.3. The minimum Gasteiger partial charge on any atom is -0.395 e. The van der Waals surface area contributed by atoms with Crippen molar-refractivity contribution in [3.63, 3.8) is 0 Å². The van der Waals surface area contributed by atoms with Gasteiger partial charge in [0.05, 0.1) is 18.5 Å². The van der Waals surface area contributed by atoms with Gasteiger partial charge in [0, 0.05) is 24.5 Å². The monoisotopic (exact) mass is 261 g/mol. The third-order valence-electron chi connectivity index (χ3n) is 2.39. The molecule has 0 aromatic carbocycles. The molecule has 3 aromatic rings. The van der Waals surface area contributed by atoms with Gasteiger partial charge in [-0.25, -0.2) is 9.50 Å². The molecule has 0 spiro atoms.